The molecule has 0 bridgehead atoms. The van der Waals surface area contributed by atoms with E-state index in [4.69, 9.17) is 0 Å². The highest BCUT2D eigenvalue weighted by Crippen LogP contribution is 2.10. The quantitative estimate of drug-likeness (QED) is 0.665. The molecule has 124 valence electrons. The third-order valence-electron chi connectivity index (χ3n) is 3.57. The Hall–Kier alpha value is -1.40. The van der Waals surface area contributed by atoms with Crippen LogP contribution in [0.1, 0.15) is 26.7 Å². The third-order valence-corrected chi connectivity index (χ3v) is 5.30. The maximum atomic E-state index is 12.0. The lowest BCUT2D eigenvalue weighted by Gasteiger charge is -2.17. The molecule has 6 heteroatoms. The molecule has 0 heterocycles. The van der Waals surface area contributed by atoms with Crippen molar-refractivity contribution in [1.82, 2.24) is 10.2 Å². The third kappa shape index (κ3) is 6.58. The summed E-state index contributed by atoms with van der Waals surface area (Å²) in [7, 11) is -3.38. The molecule has 1 N–H and O–H groups in total. The highest BCUT2D eigenvalue weighted by atomic mass is 32.2. The summed E-state index contributed by atoms with van der Waals surface area (Å²) in [6.45, 7) is 7.74. The molecule has 0 fully saturated rings. The summed E-state index contributed by atoms with van der Waals surface area (Å²) in [5.74, 6) is -0.363. The highest BCUT2D eigenvalue weighted by molar-refractivity contribution is 7.91. The average molecular weight is 326 g/mol. The van der Waals surface area contributed by atoms with Gasteiger partial charge in [0, 0.05) is 13.0 Å². The Balaban J connectivity index is 2.29. The topological polar surface area (TPSA) is 66.5 Å². The van der Waals surface area contributed by atoms with Crippen LogP contribution in [-0.2, 0) is 14.6 Å². The number of carbonyl (C=O) groups excluding carboxylic acids is 1. The summed E-state index contributed by atoms with van der Waals surface area (Å²) in [4.78, 5) is 14.3. The number of benzene rings is 1. The lowest BCUT2D eigenvalue weighted by molar-refractivity contribution is -0.120. The zero-order valence-electron chi connectivity index (χ0n) is 13.4. The van der Waals surface area contributed by atoms with Gasteiger partial charge in [0.25, 0.3) is 0 Å². The van der Waals surface area contributed by atoms with E-state index in [2.05, 4.69) is 24.1 Å². The van der Waals surface area contributed by atoms with Crippen LogP contribution in [0.15, 0.2) is 35.2 Å². The monoisotopic (exact) mass is 326 g/mol. The predicted octanol–water partition coefficient (Wildman–Crippen LogP) is 1.70. The molecule has 0 aromatic heterocycles. The van der Waals surface area contributed by atoms with Gasteiger partial charge in [-0.1, -0.05) is 32.0 Å². The molecule has 0 saturated carbocycles. The number of hydrogen-bond acceptors (Lipinski definition) is 4. The molecule has 1 aromatic rings. The van der Waals surface area contributed by atoms with Gasteiger partial charge in [0.1, 0.15) is 0 Å². The van der Waals surface area contributed by atoms with E-state index in [1.165, 1.54) is 0 Å². The van der Waals surface area contributed by atoms with E-state index in [1.54, 1.807) is 30.3 Å². The van der Waals surface area contributed by atoms with Crippen molar-refractivity contribution in [3.05, 3.63) is 30.3 Å². The van der Waals surface area contributed by atoms with Gasteiger partial charge in [-0.3, -0.25) is 4.79 Å². The van der Waals surface area contributed by atoms with Gasteiger partial charge in [-0.25, -0.2) is 8.42 Å². The van der Waals surface area contributed by atoms with Crippen molar-refractivity contribution >= 4 is 15.7 Å². The van der Waals surface area contributed by atoms with E-state index < -0.39 is 9.84 Å². The first-order chi connectivity index (χ1) is 10.5. The maximum Gasteiger partial charge on any atom is 0.221 e. The molecule has 1 amide bonds. The van der Waals surface area contributed by atoms with Crippen LogP contribution < -0.4 is 5.32 Å². The van der Waals surface area contributed by atoms with Crippen molar-refractivity contribution in [2.75, 3.05) is 31.9 Å². The number of sulfone groups is 1. The van der Waals surface area contributed by atoms with Crippen LogP contribution in [0.2, 0.25) is 0 Å². The molecular formula is C16H26N2O3S. The summed E-state index contributed by atoms with van der Waals surface area (Å²) in [6.07, 6.45) is 0.876. The number of carbonyl (C=O) groups is 1. The van der Waals surface area contributed by atoms with Crippen molar-refractivity contribution in [2.45, 2.75) is 31.6 Å². The first-order valence-electron chi connectivity index (χ1n) is 7.76. The Morgan fingerprint density at radius 2 is 1.77 bits per heavy atom. The zero-order valence-corrected chi connectivity index (χ0v) is 14.2. The second-order valence-corrected chi connectivity index (χ2v) is 7.22. The minimum absolute atomic E-state index is 0.00248. The molecule has 5 nitrogen and oxygen atoms in total. The first kappa shape index (κ1) is 18.6. The molecule has 0 aliphatic rings. The molecule has 0 spiro atoms. The van der Waals surface area contributed by atoms with Crippen LogP contribution in [0.4, 0.5) is 0 Å². The first-order valence-corrected chi connectivity index (χ1v) is 9.41. The van der Waals surface area contributed by atoms with E-state index in [0.717, 1.165) is 26.1 Å². The summed E-state index contributed by atoms with van der Waals surface area (Å²) in [6, 6.07) is 8.23. The van der Waals surface area contributed by atoms with Gasteiger partial charge in [0.2, 0.25) is 5.91 Å². The van der Waals surface area contributed by atoms with E-state index in [1.807, 2.05) is 0 Å². The van der Waals surface area contributed by atoms with Crippen LogP contribution in [-0.4, -0.2) is 51.2 Å². The molecule has 0 aliphatic carbocycles. The van der Waals surface area contributed by atoms with Crippen molar-refractivity contribution < 1.29 is 13.2 Å². The Morgan fingerprint density at radius 1 is 1.14 bits per heavy atom. The molecule has 0 saturated heterocycles. The summed E-state index contributed by atoms with van der Waals surface area (Å²) in [5, 5.41) is 2.78. The van der Waals surface area contributed by atoms with Crippen LogP contribution in [0.25, 0.3) is 0 Å². The number of nitrogens with zero attached hydrogens (tertiary/aromatic N) is 1. The molecule has 0 radical (unpaired) electrons. The molecule has 22 heavy (non-hydrogen) atoms. The van der Waals surface area contributed by atoms with E-state index in [9.17, 15) is 13.2 Å². The van der Waals surface area contributed by atoms with Crippen LogP contribution in [0, 0.1) is 0 Å². The number of amides is 1. The van der Waals surface area contributed by atoms with Crippen molar-refractivity contribution in [2.24, 2.45) is 0 Å². The normalized spacial score (nSPS) is 11.6. The maximum absolute atomic E-state index is 12.0. The minimum Gasteiger partial charge on any atom is -0.356 e. The summed E-state index contributed by atoms with van der Waals surface area (Å²) < 4.78 is 24.1. The van der Waals surface area contributed by atoms with Gasteiger partial charge < -0.3 is 10.2 Å². The van der Waals surface area contributed by atoms with Gasteiger partial charge in [-0.05, 0) is 38.2 Å². The van der Waals surface area contributed by atoms with Crippen molar-refractivity contribution in [3.63, 3.8) is 0 Å². The Bertz CT molecular complexity index is 540. The van der Waals surface area contributed by atoms with E-state index in [-0.39, 0.29) is 23.0 Å². The molecule has 0 aliphatic heterocycles. The van der Waals surface area contributed by atoms with Gasteiger partial charge >= 0.3 is 0 Å². The molecule has 1 aromatic carbocycles. The molecule has 1 rings (SSSR count). The Kier molecular flexibility index (Phi) is 8.12. The van der Waals surface area contributed by atoms with Crippen LogP contribution in [0.5, 0.6) is 0 Å². The number of hydrogen-bond donors (Lipinski definition) is 1. The highest BCUT2D eigenvalue weighted by Gasteiger charge is 2.15. The van der Waals surface area contributed by atoms with E-state index in [0.29, 0.717) is 6.54 Å². The minimum atomic E-state index is -3.38. The Labute approximate surface area is 133 Å². The Morgan fingerprint density at radius 3 is 2.36 bits per heavy atom. The fraction of sp³-hybridized carbons (Fsp3) is 0.562. The average Bonchev–Trinajstić information content (AvgIpc) is 2.54. The van der Waals surface area contributed by atoms with Crippen LogP contribution in [0.3, 0.4) is 0 Å². The zero-order chi connectivity index (χ0) is 16.4. The fourth-order valence-electron chi connectivity index (χ4n) is 2.13. The van der Waals surface area contributed by atoms with E-state index >= 15 is 0 Å². The van der Waals surface area contributed by atoms with Gasteiger partial charge in [-0.2, -0.15) is 0 Å². The predicted molar refractivity (Wildman–Crippen MR) is 88.5 cm³/mol. The van der Waals surface area contributed by atoms with Crippen molar-refractivity contribution in [3.8, 4) is 0 Å². The van der Waals surface area contributed by atoms with Gasteiger partial charge in [0.15, 0.2) is 9.84 Å². The lowest BCUT2D eigenvalue weighted by atomic mass is 10.3. The fourth-order valence-corrected chi connectivity index (χ4v) is 3.39. The standard InChI is InChI=1S/C16H26N2O3S/c1-3-18(4-2)13-8-12-17-16(19)11-14-22(20,21)15-9-6-5-7-10-15/h5-7,9-10H,3-4,8,11-14H2,1-2H3,(H,17,19). The molecular weight excluding hydrogens is 300 g/mol. The molecule has 0 atom stereocenters. The smallest absolute Gasteiger partial charge is 0.221 e. The SMILES string of the molecule is CCN(CC)CCCNC(=O)CCS(=O)(=O)c1ccccc1. The summed E-state index contributed by atoms with van der Waals surface area (Å²) >= 11 is 0. The second kappa shape index (κ2) is 9.58. The van der Waals surface area contributed by atoms with Crippen LogP contribution >= 0.6 is 0 Å². The van der Waals surface area contributed by atoms with Gasteiger partial charge in [-0.15, -0.1) is 0 Å². The summed E-state index contributed by atoms with van der Waals surface area (Å²) in [5.41, 5.74) is 0. The second-order valence-electron chi connectivity index (χ2n) is 5.11. The number of nitrogens with one attached hydrogen (secondary N) is 1. The van der Waals surface area contributed by atoms with Gasteiger partial charge in [0.05, 0.1) is 10.6 Å². The van der Waals surface area contributed by atoms with Crippen molar-refractivity contribution in [1.29, 1.82) is 0 Å². The lowest BCUT2D eigenvalue weighted by Crippen LogP contribution is -2.30. The molecule has 0 unspecified atom stereocenters. The number of rotatable bonds is 10. The largest absolute Gasteiger partial charge is 0.356 e.